The molecule has 0 saturated carbocycles. The van der Waals surface area contributed by atoms with Gasteiger partial charge >= 0.3 is 0 Å². The number of amides is 1. The van der Waals surface area contributed by atoms with Crippen LogP contribution >= 0.6 is 23.2 Å². The number of benzene rings is 1. The molecule has 0 aliphatic carbocycles. The number of nitrogens with zero attached hydrogens (tertiary/aromatic N) is 2. The first-order valence-corrected chi connectivity index (χ1v) is 8.35. The summed E-state index contributed by atoms with van der Waals surface area (Å²) in [5.41, 5.74) is 6.71. The Balaban J connectivity index is 2.81. The number of rotatable bonds is 8. The lowest BCUT2D eigenvalue weighted by Crippen LogP contribution is -2.45. The van der Waals surface area contributed by atoms with Gasteiger partial charge in [0, 0.05) is 19.6 Å². The van der Waals surface area contributed by atoms with Crippen LogP contribution in [0.15, 0.2) is 18.2 Å². The maximum absolute atomic E-state index is 12.3. The highest BCUT2D eigenvalue weighted by Crippen LogP contribution is 2.23. The smallest absolute Gasteiger partial charge is 0.239 e. The normalized spacial score (nSPS) is 12.5. The molecular formula is C16H25Cl2N3O. The maximum atomic E-state index is 12.3. The Morgan fingerprint density at radius 3 is 2.32 bits per heavy atom. The highest BCUT2D eigenvalue weighted by molar-refractivity contribution is 6.42. The van der Waals surface area contributed by atoms with E-state index < -0.39 is 6.04 Å². The Hall–Kier alpha value is -0.810. The number of nitrogens with two attached hydrogens (primary N) is 1. The number of hydrogen-bond donors (Lipinski definition) is 1. The first kappa shape index (κ1) is 19.2. The Labute approximate surface area is 143 Å². The molecular weight excluding hydrogens is 321 g/mol. The van der Waals surface area contributed by atoms with Crippen molar-refractivity contribution < 1.29 is 4.79 Å². The van der Waals surface area contributed by atoms with Gasteiger partial charge in [0.15, 0.2) is 0 Å². The average molecular weight is 346 g/mol. The summed E-state index contributed by atoms with van der Waals surface area (Å²) in [6.07, 6.45) is 0. The molecule has 1 aromatic carbocycles. The van der Waals surface area contributed by atoms with Gasteiger partial charge in [-0.1, -0.05) is 43.1 Å². The van der Waals surface area contributed by atoms with E-state index in [4.69, 9.17) is 28.9 Å². The molecule has 0 aliphatic rings. The number of carbonyl (C=O) groups excluding carboxylic acids is 1. The fourth-order valence-corrected chi connectivity index (χ4v) is 2.54. The van der Waals surface area contributed by atoms with Crippen LogP contribution in [0.1, 0.15) is 26.3 Å². The Bertz CT molecular complexity index is 490. The van der Waals surface area contributed by atoms with Crippen LogP contribution in [-0.2, 0) is 11.3 Å². The summed E-state index contributed by atoms with van der Waals surface area (Å²) >= 11 is 12.0. The Kier molecular flexibility index (Phi) is 8.18. The first-order valence-electron chi connectivity index (χ1n) is 7.59. The van der Waals surface area contributed by atoms with Crippen LogP contribution in [0.5, 0.6) is 0 Å². The average Bonchev–Trinajstić information content (AvgIpc) is 2.49. The lowest BCUT2D eigenvalue weighted by molar-refractivity contribution is -0.133. The predicted octanol–water partition coefficient (Wildman–Crippen LogP) is 3.01. The van der Waals surface area contributed by atoms with Crippen LogP contribution in [0.2, 0.25) is 10.0 Å². The first-order chi connectivity index (χ1) is 10.4. The standard InChI is InChI=1S/C16H25Cl2N3O/c1-4-20(5-2)8-9-21(16(22)12(3)19)11-13-6-7-14(17)15(18)10-13/h6-7,10,12H,4-5,8-9,11,19H2,1-3H3/t12-/m1/s1. The molecule has 2 N–H and O–H groups in total. The molecule has 1 rings (SSSR count). The third kappa shape index (κ3) is 5.76. The van der Waals surface area contributed by atoms with Gasteiger partial charge in [-0.3, -0.25) is 4.79 Å². The van der Waals surface area contributed by atoms with E-state index >= 15 is 0 Å². The van der Waals surface area contributed by atoms with Crippen molar-refractivity contribution in [2.24, 2.45) is 5.73 Å². The molecule has 0 radical (unpaired) electrons. The predicted molar refractivity (Wildman–Crippen MR) is 93.3 cm³/mol. The van der Waals surface area contributed by atoms with Crippen molar-refractivity contribution in [2.45, 2.75) is 33.4 Å². The highest BCUT2D eigenvalue weighted by atomic mass is 35.5. The van der Waals surface area contributed by atoms with E-state index in [0.29, 0.717) is 23.1 Å². The minimum absolute atomic E-state index is 0.0572. The van der Waals surface area contributed by atoms with Crippen LogP contribution in [0.4, 0.5) is 0 Å². The van der Waals surface area contributed by atoms with E-state index in [0.717, 1.165) is 25.2 Å². The molecule has 0 heterocycles. The summed E-state index contributed by atoms with van der Waals surface area (Å²) in [5, 5.41) is 1.01. The lowest BCUT2D eigenvalue weighted by Gasteiger charge is -2.28. The van der Waals surface area contributed by atoms with E-state index in [1.165, 1.54) is 0 Å². The fourth-order valence-electron chi connectivity index (χ4n) is 2.22. The van der Waals surface area contributed by atoms with Crippen molar-refractivity contribution in [3.63, 3.8) is 0 Å². The molecule has 0 fully saturated rings. The summed E-state index contributed by atoms with van der Waals surface area (Å²) in [6.45, 7) is 9.81. The van der Waals surface area contributed by atoms with Crippen molar-refractivity contribution in [1.82, 2.24) is 9.80 Å². The van der Waals surface area contributed by atoms with Crippen LogP contribution in [0.3, 0.4) is 0 Å². The number of likely N-dealkylation sites (N-methyl/N-ethyl adjacent to an activating group) is 1. The van der Waals surface area contributed by atoms with Gasteiger partial charge in [-0.2, -0.15) is 0 Å². The second-order valence-corrected chi connectivity index (χ2v) is 6.14. The van der Waals surface area contributed by atoms with Gasteiger partial charge in [0.05, 0.1) is 16.1 Å². The molecule has 0 aliphatic heterocycles. The van der Waals surface area contributed by atoms with Gasteiger partial charge in [-0.15, -0.1) is 0 Å². The molecule has 0 spiro atoms. The largest absolute Gasteiger partial charge is 0.336 e. The zero-order valence-electron chi connectivity index (χ0n) is 13.5. The topological polar surface area (TPSA) is 49.6 Å². The molecule has 0 saturated heterocycles. The lowest BCUT2D eigenvalue weighted by atomic mass is 10.2. The minimum Gasteiger partial charge on any atom is -0.336 e. The third-order valence-electron chi connectivity index (χ3n) is 3.64. The Morgan fingerprint density at radius 1 is 1.18 bits per heavy atom. The summed E-state index contributed by atoms with van der Waals surface area (Å²) in [6, 6.07) is 4.91. The van der Waals surface area contributed by atoms with E-state index in [1.807, 2.05) is 6.07 Å². The Morgan fingerprint density at radius 2 is 1.82 bits per heavy atom. The van der Waals surface area contributed by atoms with Crippen molar-refractivity contribution in [3.05, 3.63) is 33.8 Å². The molecule has 0 aromatic heterocycles. The summed E-state index contributed by atoms with van der Waals surface area (Å²) in [4.78, 5) is 16.4. The summed E-state index contributed by atoms with van der Waals surface area (Å²) in [5.74, 6) is -0.0572. The molecule has 1 aromatic rings. The number of carbonyl (C=O) groups is 1. The van der Waals surface area contributed by atoms with Crippen molar-refractivity contribution >= 4 is 29.1 Å². The number of hydrogen-bond acceptors (Lipinski definition) is 3. The van der Waals surface area contributed by atoms with Gasteiger partial charge in [0.1, 0.15) is 0 Å². The van der Waals surface area contributed by atoms with Crippen molar-refractivity contribution in [2.75, 3.05) is 26.2 Å². The molecule has 124 valence electrons. The van der Waals surface area contributed by atoms with Gasteiger partial charge < -0.3 is 15.5 Å². The van der Waals surface area contributed by atoms with E-state index in [9.17, 15) is 4.79 Å². The van der Waals surface area contributed by atoms with E-state index in [-0.39, 0.29) is 5.91 Å². The molecule has 4 nitrogen and oxygen atoms in total. The van der Waals surface area contributed by atoms with Gasteiger partial charge in [-0.25, -0.2) is 0 Å². The minimum atomic E-state index is -0.514. The molecule has 1 atom stereocenters. The van der Waals surface area contributed by atoms with Crippen LogP contribution in [-0.4, -0.2) is 47.9 Å². The van der Waals surface area contributed by atoms with Crippen LogP contribution in [0.25, 0.3) is 0 Å². The quantitative estimate of drug-likeness (QED) is 0.787. The SMILES string of the molecule is CCN(CC)CCN(Cc1ccc(Cl)c(Cl)c1)C(=O)[C@@H](C)N. The van der Waals surface area contributed by atoms with Crippen LogP contribution < -0.4 is 5.73 Å². The van der Waals surface area contributed by atoms with Crippen LogP contribution in [0, 0.1) is 0 Å². The monoisotopic (exact) mass is 345 g/mol. The van der Waals surface area contributed by atoms with Crippen molar-refractivity contribution in [1.29, 1.82) is 0 Å². The van der Waals surface area contributed by atoms with Crippen molar-refractivity contribution in [3.8, 4) is 0 Å². The zero-order valence-corrected chi connectivity index (χ0v) is 15.0. The highest BCUT2D eigenvalue weighted by Gasteiger charge is 2.18. The molecule has 1 amide bonds. The summed E-state index contributed by atoms with van der Waals surface area (Å²) < 4.78 is 0. The van der Waals surface area contributed by atoms with E-state index in [2.05, 4.69) is 18.7 Å². The molecule has 6 heteroatoms. The zero-order chi connectivity index (χ0) is 16.7. The molecule has 0 bridgehead atoms. The maximum Gasteiger partial charge on any atom is 0.239 e. The van der Waals surface area contributed by atoms with Gasteiger partial charge in [0.25, 0.3) is 0 Å². The fraction of sp³-hybridized carbons (Fsp3) is 0.562. The molecule has 0 unspecified atom stereocenters. The summed E-state index contributed by atoms with van der Waals surface area (Å²) in [7, 11) is 0. The second kappa shape index (κ2) is 9.36. The number of halogens is 2. The van der Waals surface area contributed by atoms with Gasteiger partial charge in [0.2, 0.25) is 5.91 Å². The van der Waals surface area contributed by atoms with E-state index in [1.54, 1.807) is 24.0 Å². The second-order valence-electron chi connectivity index (χ2n) is 5.32. The van der Waals surface area contributed by atoms with Gasteiger partial charge in [-0.05, 0) is 37.7 Å². The molecule has 22 heavy (non-hydrogen) atoms. The third-order valence-corrected chi connectivity index (χ3v) is 4.38.